The third-order valence-electron chi connectivity index (χ3n) is 3.26. The molecule has 0 spiro atoms. The molecule has 0 aliphatic rings. The van der Waals surface area contributed by atoms with Gasteiger partial charge in [-0.3, -0.25) is 9.59 Å². The Morgan fingerprint density at radius 1 is 1.22 bits per heavy atom. The SMILES string of the molecule is CC(=O)c1c(C#N)cc(OCc2ccccc2)cc1CC(=O)O. The summed E-state index contributed by atoms with van der Waals surface area (Å²) in [6.07, 6.45) is -0.341. The van der Waals surface area contributed by atoms with Crippen molar-refractivity contribution in [2.75, 3.05) is 0 Å². The molecule has 0 saturated carbocycles. The Labute approximate surface area is 133 Å². The van der Waals surface area contributed by atoms with Gasteiger partial charge in [-0.15, -0.1) is 0 Å². The van der Waals surface area contributed by atoms with Crippen LogP contribution in [0.1, 0.15) is 34.0 Å². The number of hydrogen-bond acceptors (Lipinski definition) is 4. The van der Waals surface area contributed by atoms with Gasteiger partial charge in [0.1, 0.15) is 18.4 Å². The molecule has 2 aromatic carbocycles. The zero-order chi connectivity index (χ0) is 16.8. The third kappa shape index (κ3) is 4.17. The van der Waals surface area contributed by atoms with Crippen LogP contribution in [0.15, 0.2) is 42.5 Å². The van der Waals surface area contributed by atoms with Crippen LogP contribution in [0.2, 0.25) is 0 Å². The summed E-state index contributed by atoms with van der Waals surface area (Å²) in [5.74, 6) is -1.05. The number of Topliss-reactive ketones (excluding diaryl/α,β-unsaturated/α-hetero) is 1. The van der Waals surface area contributed by atoms with Crippen molar-refractivity contribution in [3.8, 4) is 11.8 Å². The summed E-state index contributed by atoms with van der Waals surface area (Å²) >= 11 is 0. The van der Waals surface area contributed by atoms with E-state index in [0.29, 0.717) is 5.75 Å². The molecule has 0 aromatic heterocycles. The molecule has 116 valence electrons. The average molecular weight is 309 g/mol. The number of carboxylic acids is 1. The Morgan fingerprint density at radius 2 is 1.91 bits per heavy atom. The van der Waals surface area contributed by atoms with Gasteiger partial charge in [0.05, 0.1) is 12.0 Å². The summed E-state index contributed by atoms with van der Waals surface area (Å²) < 4.78 is 5.64. The lowest BCUT2D eigenvalue weighted by Crippen LogP contribution is -2.09. The highest BCUT2D eigenvalue weighted by Gasteiger charge is 2.17. The fourth-order valence-corrected chi connectivity index (χ4v) is 2.30. The summed E-state index contributed by atoms with van der Waals surface area (Å²) in [5, 5.41) is 18.2. The van der Waals surface area contributed by atoms with Crippen molar-refractivity contribution >= 4 is 11.8 Å². The molecule has 0 aliphatic heterocycles. The zero-order valence-corrected chi connectivity index (χ0v) is 12.6. The van der Waals surface area contributed by atoms with Crippen LogP contribution in [0.25, 0.3) is 0 Å². The molecule has 5 heteroatoms. The molecule has 0 fully saturated rings. The first-order chi connectivity index (χ1) is 11.0. The first-order valence-electron chi connectivity index (χ1n) is 6.97. The largest absolute Gasteiger partial charge is 0.489 e. The molecule has 0 amide bonds. The topological polar surface area (TPSA) is 87.4 Å². The molecule has 0 aliphatic carbocycles. The first kappa shape index (κ1) is 16.2. The van der Waals surface area contributed by atoms with Crippen LogP contribution in [0.3, 0.4) is 0 Å². The summed E-state index contributed by atoms with van der Waals surface area (Å²) in [4.78, 5) is 22.7. The van der Waals surface area contributed by atoms with Gasteiger partial charge >= 0.3 is 5.97 Å². The van der Waals surface area contributed by atoms with Gasteiger partial charge in [0.25, 0.3) is 0 Å². The molecule has 0 bridgehead atoms. The molecule has 2 aromatic rings. The van der Waals surface area contributed by atoms with Crippen molar-refractivity contribution in [3.63, 3.8) is 0 Å². The van der Waals surface area contributed by atoms with Gasteiger partial charge < -0.3 is 9.84 Å². The van der Waals surface area contributed by atoms with Gasteiger partial charge in [-0.1, -0.05) is 30.3 Å². The molecule has 0 saturated heterocycles. The molecule has 5 nitrogen and oxygen atoms in total. The summed E-state index contributed by atoms with van der Waals surface area (Å²) in [5.41, 5.74) is 1.50. The van der Waals surface area contributed by atoms with Crippen LogP contribution < -0.4 is 4.74 Å². The molecule has 0 atom stereocenters. The van der Waals surface area contributed by atoms with Gasteiger partial charge in [-0.2, -0.15) is 5.26 Å². The van der Waals surface area contributed by atoms with Gasteiger partial charge in [0.2, 0.25) is 0 Å². The second-order valence-electron chi connectivity index (χ2n) is 5.02. The number of benzene rings is 2. The second kappa shape index (κ2) is 7.23. The molecule has 0 radical (unpaired) electrons. The number of ketones is 1. The minimum Gasteiger partial charge on any atom is -0.489 e. The lowest BCUT2D eigenvalue weighted by Gasteiger charge is -2.12. The maximum Gasteiger partial charge on any atom is 0.307 e. The maximum atomic E-state index is 11.7. The summed E-state index contributed by atoms with van der Waals surface area (Å²) in [6, 6.07) is 14.4. The molecule has 23 heavy (non-hydrogen) atoms. The Morgan fingerprint density at radius 3 is 2.48 bits per heavy atom. The van der Waals surface area contributed by atoms with Crippen molar-refractivity contribution in [2.24, 2.45) is 0 Å². The van der Waals surface area contributed by atoms with Crippen molar-refractivity contribution in [2.45, 2.75) is 20.0 Å². The second-order valence-corrected chi connectivity index (χ2v) is 5.02. The number of hydrogen-bond donors (Lipinski definition) is 1. The fourth-order valence-electron chi connectivity index (χ4n) is 2.30. The van der Waals surface area contributed by atoms with Gasteiger partial charge in [0, 0.05) is 5.56 Å². The van der Waals surface area contributed by atoms with E-state index < -0.39 is 5.97 Å². The van der Waals surface area contributed by atoms with E-state index in [9.17, 15) is 14.9 Å². The lowest BCUT2D eigenvalue weighted by atomic mass is 9.96. The first-order valence-corrected chi connectivity index (χ1v) is 6.97. The van der Waals surface area contributed by atoms with E-state index >= 15 is 0 Å². The Bertz CT molecular complexity index is 776. The van der Waals surface area contributed by atoms with E-state index in [1.165, 1.54) is 19.1 Å². The highest BCUT2D eigenvalue weighted by Crippen LogP contribution is 2.24. The van der Waals surface area contributed by atoms with E-state index in [4.69, 9.17) is 9.84 Å². The van der Waals surface area contributed by atoms with Crippen molar-refractivity contribution in [1.29, 1.82) is 5.26 Å². The number of carbonyl (C=O) groups is 2. The number of aliphatic carboxylic acids is 1. The van der Waals surface area contributed by atoms with Gasteiger partial charge in [-0.25, -0.2) is 0 Å². The summed E-state index contributed by atoms with van der Waals surface area (Å²) in [7, 11) is 0. The minimum absolute atomic E-state index is 0.124. The van der Waals surface area contributed by atoms with Crippen LogP contribution in [0, 0.1) is 11.3 Å². The third-order valence-corrected chi connectivity index (χ3v) is 3.26. The molecule has 1 N–H and O–H groups in total. The smallest absolute Gasteiger partial charge is 0.307 e. The molecular weight excluding hydrogens is 294 g/mol. The average Bonchev–Trinajstić information content (AvgIpc) is 2.52. The zero-order valence-electron chi connectivity index (χ0n) is 12.6. The highest BCUT2D eigenvalue weighted by atomic mass is 16.5. The van der Waals surface area contributed by atoms with E-state index in [1.54, 1.807) is 0 Å². The predicted octanol–water partition coefficient (Wildman–Crippen LogP) is 2.97. The van der Waals surface area contributed by atoms with E-state index in [1.807, 2.05) is 36.4 Å². The van der Waals surface area contributed by atoms with Crippen molar-refractivity contribution < 1.29 is 19.4 Å². The van der Waals surface area contributed by atoms with E-state index in [2.05, 4.69) is 0 Å². The van der Waals surface area contributed by atoms with Gasteiger partial charge in [-0.05, 0) is 30.2 Å². The normalized spacial score (nSPS) is 9.91. The minimum atomic E-state index is -1.07. The number of nitriles is 1. The lowest BCUT2D eigenvalue weighted by molar-refractivity contribution is -0.136. The maximum absolute atomic E-state index is 11.7. The van der Waals surface area contributed by atoms with Crippen LogP contribution in [0.4, 0.5) is 0 Å². The number of carbonyl (C=O) groups excluding carboxylic acids is 1. The Hall–Kier alpha value is -3.13. The Balaban J connectivity index is 2.35. The molecule has 0 heterocycles. The Kier molecular flexibility index (Phi) is 5.11. The van der Waals surface area contributed by atoms with Crippen LogP contribution in [-0.4, -0.2) is 16.9 Å². The van der Waals surface area contributed by atoms with Crippen molar-refractivity contribution in [3.05, 3.63) is 64.7 Å². The number of rotatable bonds is 6. The van der Waals surface area contributed by atoms with Crippen LogP contribution >= 0.6 is 0 Å². The number of nitrogens with zero attached hydrogens (tertiary/aromatic N) is 1. The van der Waals surface area contributed by atoms with E-state index in [-0.39, 0.29) is 35.5 Å². The van der Waals surface area contributed by atoms with Crippen LogP contribution in [-0.2, 0) is 17.8 Å². The molecular formula is C18H15NO4. The molecule has 2 rings (SSSR count). The van der Waals surface area contributed by atoms with Crippen LogP contribution in [0.5, 0.6) is 5.75 Å². The quantitative estimate of drug-likeness (QED) is 0.829. The highest BCUT2D eigenvalue weighted by molar-refractivity contribution is 5.99. The monoisotopic (exact) mass is 309 g/mol. The summed E-state index contributed by atoms with van der Waals surface area (Å²) in [6.45, 7) is 1.60. The number of carboxylic acid groups (broad SMARTS) is 1. The predicted molar refractivity (Wildman–Crippen MR) is 83.3 cm³/mol. The van der Waals surface area contributed by atoms with Gasteiger partial charge in [0.15, 0.2) is 5.78 Å². The van der Waals surface area contributed by atoms with Crippen molar-refractivity contribution in [1.82, 2.24) is 0 Å². The molecule has 0 unspecified atom stereocenters. The van der Waals surface area contributed by atoms with E-state index in [0.717, 1.165) is 5.56 Å². The number of ether oxygens (including phenoxy) is 1. The standard InChI is InChI=1S/C18H15NO4/c1-12(20)18-14(9-17(21)22)7-16(8-15(18)10-19)23-11-13-5-3-2-4-6-13/h2-8H,9,11H2,1H3,(H,21,22). The fraction of sp³-hybridized carbons (Fsp3) is 0.167.